The first-order chi connectivity index (χ1) is 17.7. The second-order valence-electron chi connectivity index (χ2n) is 7.56. The molecule has 0 radical (unpaired) electrons. The van der Waals surface area contributed by atoms with Crippen molar-refractivity contribution in [2.45, 2.75) is 4.90 Å². The van der Waals surface area contributed by atoms with E-state index >= 15 is 0 Å². The summed E-state index contributed by atoms with van der Waals surface area (Å²) in [6.45, 7) is 0. The molecule has 7 nitrogen and oxygen atoms in total. The zero-order chi connectivity index (χ0) is 26.6. The van der Waals surface area contributed by atoms with Gasteiger partial charge in [0, 0.05) is 15.2 Å². The number of sulfonamides is 1. The third-order valence-corrected chi connectivity index (χ3v) is 7.60. The minimum atomic E-state index is -4.07. The van der Waals surface area contributed by atoms with Crippen molar-refractivity contribution in [2.24, 2.45) is 0 Å². The summed E-state index contributed by atoms with van der Waals surface area (Å²) in [5.74, 6) is 0.233. The van der Waals surface area contributed by atoms with Crippen LogP contribution in [-0.4, -0.2) is 14.3 Å². The molecule has 0 heterocycles. The van der Waals surface area contributed by atoms with Crippen LogP contribution in [0.25, 0.3) is 0 Å². The van der Waals surface area contributed by atoms with Crippen LogP contribution in [0.5, 0.6) is 11.5 Å². The van der Waals surface area contributed by atoms with Crippen LogP contribution >= 0.6 is 39.1 Å². The molecule has 0 saturated carbocycles. The summed E-state index contributed by atoms with van der Waals surface area (Å²) >= 11 is 15.5. The van der Waals surface area contributed by atoms with E-state index in [-0.39, 0.29) is 21.2 Å². The summed E-state index contributed by atoms with van der Waals surface area (Å²) in [7, 11) is -4.07. The Balaban J connectivity index is 1.55. The number of anilines is 2. The highest BCUT2D eigenvalue weighted by atomic mass is 79.9. The van der Waals surface area contributed by atoms with E-state index in [2.05, 4.69) is 26.0 Å². The third kappa shape index (κ3) is 6.42. The van der Waals surface area contributed by atoms with Crippen molar-refractivity contribution in [1.82, 2.24) is 0 Å². The van der Waals surface area contributed by atoms with E-state index in [0.29, 0.717) is 32.2 Å². The first-order valence-electron chi connectivity index (χ1n) is 10.5. The van der Waals surface area contributed by atoms with E-state index in [0.717, 1.165) is 0 Å². The van der Waals surface area contributed by atoms with E-state index in [9.17, 15) is 13.2 Å². The molecule has 186 valence electrons. The molecule has 0 atom stereocenters. The van der Waals surface area contributed by atoms with Gasteiger partial charge in [0.05, 0.1) is 26.7 Å². The Morgan fingerprint density at radius 2 is 1.68 bits per heavy atom. The minimum absolute atomic E-state index is 0.00947. The number of carbonyl (C=O) groups excluding carboxylic acids is 1. The molecule has 2 N–H and O–H groups in total. The van der Waals surface area contributed by atoms with Crippen LogP contribution in [-0.2, 0) is 10.0 Å². The van der Waals surface area contributed by atoms with Crippen molar-refractivity contribution in [1.29, 1.82) is 5.26 Å². The minimum Gasteiger partial charge on any atom is -0.456 e. The van der Waals surface area contributed by atoms with Crippen molar-refractivity contribution >= 4 is 66.4 Å². The van der Waals surface area contributed by atoms with E-state index in [1.807, 2.05) is 6.07 Å². The van der Waals surface area contributed by atoms with Crippen LogP contribution in [0, 0.1) is 11.3 Å². The summed E-state index contributed by atoms with van der Waals surface area (Å²) in [6.07, 6.45) is 0. The first kappa shape index (κ1) is 26.5. The Morgan fingerprint density at radius 1 is 0.946 bits per heavy atom. The Hall–Kier alpha value is -3.55. The number of ether oxygens (including phenoxy) is 1. The molecule has 4 rings (SSSR count). The monoisotopic (exact) mass is 615 g/mol. The van der Waals surface area contributed by atoms with E-state index in [1.54, 1.807) is 42.5 Å². The number of nitrogens with zero attached hydrogens (tertiary/aromatic N) is 1. The van der Waals surface area contributed by atoms with Gasteiger partial charge in [0.25, 0.3) is 15.9 Å². The molecule has 0 saturated heterocycles. The molecular formula is C26H16BrCl2N3O4S. The maximum Gasteiger partial charge on any atom is 0.261 e. The average molecular weight is 617 g/mol. The number of nitrogens with one attached hydrogen (secondary N) is 2. The maximum absolute atomic E-state index is 13.1. The fourth-order valence-corrected chi connectivity index (χ4v) is 5.11. The highest BCUT2D eigenvalue weighted by Gasteiger charge is 2.20. The fourth-order valence-electron chi connectivity index (χ4n) is 3.22. The number of para-hydroxylation sites is 1. The van der Waals surface area contributed by atoms with Gasteiger partial charge in [-0.2, -0.15) is 5.26 Å². The summed E-state index contributed by atoms with van der Waals surface area (Å²) in [4.78, 5) is 13.0. The zero-order valence-electron chi connectivity index (χ0n) is 18.7. The van der Waals surface area contributed by atoms with Gasteiger partial charge in [-0.15, -0.1) is 0 Å². The number of hydrogen-bond acceptors (Lipinski definition) is 5. The lowest BCUT2D eigenvalue weighted by Crippen LogP contribution is -2.18. The van der Waals surface area contributed by atoms with E-state index < -0.39 is 15.9 Å². The SMILES string of the molecule is N#Cc1ccc(NC(=O)c2cc(Cl)ccc2NS(=O)(=O)c2ccc(Oc3ccccc3Cl)cc2)cc1Br. The molecule has 0 aliphatic carbocycles. The van der Waals surface area contributed by atoms with Crippen molar-refractivity contribution in [2.75, 3.05) is 10.0 Å². The standard InChI is InChI=1S/C26H16BrCl2N3O4S/c27-22-14-18(7-5-16(22)15-30)31-26(33)21-13-17(28)6-12-24(21)32-37(34,35)20-10-8-19(9-11-20)36-25-4-2-1-3-23(25)29/h1-14,32H,(H,31,33). The van der Waals surface area contributed by atoms with Gasteiger partial charge in [0.2, 0.25) is 0 Å². The predicted molar refractivity (Wildman–Crippen MR) is 147 cm³/mol. The lowest BCUT2D eigenvalue weighted by Gasteiger charge is -2.14. The number of benzene rings is 4. The van der Waals surface area contributed by atoms with Crippen molar-refractivity contribution < 1.29 is 17.9 Å². The average Bonchev–Trinajstić information content (AvgIpc) is 2.87. The summed E-state index contributed by atoms with van der Waals surface area (Å²) in [6, 6.07) is 23.6. The molecule has 0 aliphatic rings. The van der Waals surface area contributed by atoms with Gasteiger partial charge < -0.3 is 10.1 Å². The zero-order valence-corrected chi connectivity index (χ0v) is 22.6. The highest BCUT2D eigenvalue weighted by Crippen LogP contribution is 2.30. The van der Waals surface area contributed by atoms with Gasteiger partial charge in [-0.05, 0) is 88.7 Å². The number of carbonyl (C=O) groups is 1. The number of rotatable bonds is 7. The molecule has 11 heteroatoms. The summed E-state index contributed by atoms with van der Waals surface area (Å²) < 4.78 is 34.8. The Labute approximate surface area is 231 Å². The fraction of sp³-hybridized carbons (Fsp3) is 0. The number of halogens is 3. The molecular weight excluding hydrogens is 601 g/mol. The normalized spacial score (nSPS) is 10.9. The maximum atomic E-state index is 13.1. The Bertz CT molecular complexity index is 1640. The van der Waals surface area contributed by atoms with Gasteiger partial charge in [-0.3, -0.25) is 9.52 Å². The van der Waals surface area contributed by atoms with Crippen LogP contribution < -0.4 is 14.8 Å². The van der Waals surface area contributed by atoms with Crippen molar-refractivity contribution in [3.63, 3.8) is 0 Å². The number of hydrogen-bond donors (Lipinski definition) is 2. The van der Waals surface area contributed by atoms with Gasteiger partial charge in [0.1, 0.15) is 17.6 Å². The first-order valence-corrected chi connectivity index (χ1v) is 13.6. The molecule has 0 spiro atoms. The predicted octanol–water partition coefficient (Wildman–Crippen LogP) is 7.47. The van der Waals surface area contributed by atoms with E-state index in [4.69, 9.17) is 33.2 Å². The molecule has 0 aliphatic heterocycles. The smallest absolute Gasteiger partial charge is 0.261 e. The summed E-state index contributed by atoms with van der Waals surface area (Å²) in [5, 5.41) is 12.4. The van der Waals surface area contributed by atoms with Gasteiger partial charge in [-0.25, -0.2) is 8.42 Å². The highest BCUT2D eigenvalue weighted by molar-refractivity contribution is 9.10. The Kier molecular flexibility index (Phi) is 8.05. The van der Waals surface area contributed by atoms with Crippen molar-refractivity contribution in [3.05, 3.63) is 111 Å². The lowest BCUT2D eigenvalue weighted by atomic mass is 10.1. The molecule has 0 bridgehead atoms. The topological polar surface area (TPSA) is 108 Å². The van der Waals surface area contributed by atoms with Crippen LogP contribution in [0.4, 0.5) is 11.4 Å². The molecule has 4 aromatic carbocycles. The van der Waals surface area contributed by atoms with Crippen LogP contribution in [0.1, 0.15) is 15.9 Å². The quantitative estimate of drug-likeness (QED) is 0.224. The van der Waals surface area contributed by atoms with Crippen LogP contribution in [0.3, 0.4) is 0 Å². The molecule has 0 fully saturated rings. The second kappa shape index (κ2) is 11.2. The van der Waals surface area contributed by atoms with Crippen molar-refractivity contribution in [3.8, 4) is 17.6 Å². The Morgan fingerprint density at radius 3 is 2.35 bits per heavy atom. The third-order valence-electron chi connectivity index (χ3n) is 5.02. The number of amides is 1. The van der Waals surface area contributed by atoms with Crippen LogP contribution in [0.2, 0.25) is 10.0 Å². The van der Waals surface area contributed by atoms with Gasteiger partial charge in [0.15, 0.2) is 0 Å². The lowest BCUT2D eigenvalue weighted by molar-refractivity contribution is 0.102. The van der Waals surface area contributed by atoms with Crippen LogP contribution in [0.15, 0.2) is 94.3 Å². The second-order valence-corrected chi connectivity index (χ2v) is 10.9. The molecule has 4 aromatic rings. The van der Waals surface area contributed by atoms with Gasteiger partial charge >= 0.3 is 0 Å². The van der Waals surface area contributed by atoms with E-state index in [1.165, 1.54) is 42.5 Å². The largest absolute Gasteiger partial charge is 0.456 e. The molecule has 1 amide bonds. The molecule has 0 aromatic heterocycles. The number of nitriles is 1. The summed E-state index contributed by atoms with van der Waals surface area (Å²) in [5.41, 5.74) is 0.845. The molecule has 37 heavy (non-hydrogen) atoms. The van der Waals surface area contributed by atoms with Gasteiger partial charge in [-0.1, -0.05) is 35.3 Å². The molecule has 0 unspecified atom stereocenters.